The first-order valence-corrected chi connectivity index (χ1v) is 7.23. The molecule has 2 aromatic carbocycles. The van der Waals surface area contributed by atoms with E-state index in [2.05, 4.69) is 36.1 Å². The molecule has 21 heavy (non-hydrogen) atoms. The molecule has 0 N–H and O–H groups in total. The Labute approximate surface area is 124 Å². The lowest BCUT2D eigenvalue weighted by atomic mass is 10.1. The molecule has 0 saturated heterocycles. The number of nitro benzene ring substituents is 1. The van der Waals surface area contributed by atoms with E-state index in [1.165, 1.54) is 5.56 Å². The number of anilines is 1. The Hall–Kier alpha value is -2.36. The molecule has 108 valence electrons. The smallest absolute Gasteiger partial charge is 0.269 e. The summed E-state index contributed by atoms with van der Waals surface area (Å²) in [4.78, 5) is 12.9. The number of rotatable bonds is 4. The predicted molar refractivity (Wildman–Crippen MR) is 83.8 cm³/mol. The van der Waals surface area contributed by atoms with E-state index in [9.17, 15) is 10.1 Å². The number of nitrogens with zero attached hydrogens (tertiary/aromatic N) is 2. The van der Waals surface area contributed by atoms with E-state index in [1.807, 2.05) is 12.1 Å². The minimum absolute atomic E-state index is 0.186. The van der Waals surface area contributed by atoms with Crippen molar-refractivity contribution >= 4 is 11.4 Å². The normalized spacial score (nSPS) is 16.8. The molecule has 0 bridgehead atoms. The summed E-state index contributed by atoms with van der Waals surface area (Å²) >= 11 is 0. The van der Waals surface area contributed by atoms with Gasteiger partial charge in [0.25, 0.3) is 5.69 Å². The number of fused-ring (bicyclic) bond motifs is 1. The Bertz CT molecular complexity index is 655. The van der Waals surface area contributed by atoms with Crippen LogP contribution in [0.1, 0.15) is 18.1 Å². The van der Waals surface area contributed by atoms with Gasteiger partial charge in [-0.05, 0) is 37.0 Å². The quantitative estimate of drug-likeness (QED) is 0.636. The fourth-order valence-corrected chi connectivity index (χ4v) is 3.03. The monoisotopic (exact) mass is 282 g/mol. The van der Waals surface area contributed by atoms with E-state index in [4.69, 9.17) is 0 Å². The van der Waals surface area contributed by atoms with Crippen molar-refractivity contribution in [1.82, 2.24) is 0 Å². The summed E-state index contributed by atoms with van der Waals surface area (Å²) in [5.41, 5.74) is 3.74. The lowest BCUT2D eigenvalue weighted by molar-refractivity contribution is -0.384. The minimum Gasteiger partial charge on any atom is -0.368 e. The number of hydrogen-bond donors (Lipinski definition) is 0. The first-order chi connectivity index (χ1) is 10.1. The fraction of sp³-hybridized carbons (Fsp3) is 0.294. The van der Waals surface area contributed by atoms with Crippen molar-refractivity contribution in [3.8, 4) is 0 Å². The van der Waals surface area contributed by atoms with Gasteiger partial charge in [0, 0.05) is 30.4 Å². The van der Waals surface area contributed by atoms with Crippen LogP contribution in [0.15, 0.2) is 48.5 Å². The number of hydrogen-bond acceptors (Lipinski definition) is 3. The lowest BCUT2D eigenvalue weighted by Crippen LogP contribution is -2.31. The van der Waals surface area contributed by atoms with Gasteiger partial charge in [0.2, 0.25) is 0 Å². The molecule has 0 aliphatic carbocycles. The SMILES string of the molecule is CC1Cc2cc([N+](=O)[O-])ccc2N1CCc1ccccc1. The van der Waals surface area contributed by atoms with E-state index >= 15 is 0 Å². The third kappa shape index (κ3) is 2.75. The Kier molecular flexibility index (Phi) is 3.60. The first kappa shape index (κ1) is 13.6. The van der Waals surface area contributed by atoms with Crippen molar-refractivity contribution in [2.45, 2.75) is 25.8 Å². The van der Waals surface area contributed by atoms with E-state index in [-0.39, 0.29) is 10.6 Å². The number of benzene rings is 2. The molecule has 1 aliphatic rings. The van der Waals surface area contributed by atoms with Gasteiger partial charge in [-0.1, -0.05) is 30.3 Å². The van der Waals surface area contributed by atoms with Crippen LogP contribution in [-0.4, -0.2) is 17.5 Å². The molecule has 2 aromatic rings. The van der Waals surface area contributed by atoms with Crippen LogP contribution in [0.3, 0.4) is 0 Å². The average Bonchev–Trinajstić information content (AvgIpc) is 2.80. The summed E-state index contributed by atoms with van der Waals surface area (Å²) in [5, 5.41) is 10.9. The zero-order chi connectivity index (χ0) is 14.8. The van der Waals surface area contributed by atoms with E-state index in [0.717, 1.165) is 30.6 Å². The molecule has 1 atom stereocenters. The highest BCUT2D eigenvalue weighted by Gasteiger charge is 2.27. The van der Waals surface area contributed by atoms with Crippen molar-refractivity contribution < 1.29 is 4.92 Å². The molecule has 0 radical (unpaired) electrons. The number of non-ortho nitro benzene ring substituents is 1. The van der Waals surface area contributed by atoms with E-state index in [1.54, 1.807) is 12.1 Å². The van der Waals surface area contributed by atoms with Crippen molar-refractivity contribution in [1.29, 1.82) is 0 Å². The summed E-state index contributed by atoms with van der Waals surface area (Å²) in [6, 6.07) is 16.0. The predicted octanol–water partition coefficient (Wildman–Crippen LogP) is 3.59. The highest BCUT2D eigenvalue weighted by molar-refractivity contribution is 5.62. The summed E-state index contributed by atoms with van der Waals surface area (Å²) in [6.07, 6.45) is 1.87. The average molecular weight is 282 g/mol. The van der Waals surface area contributed by atoms with E-state index in [0.29, 0.717) is 6.04 Å². The van der Waals surface area contributed by atoms with Gasteiger partial charge in [0.15, 0.2) is 0 Å². The van der Waals surface area contributed by atoms with Crippen molar-refractivity contribution in [2.75, 3.05) is 11.4 Å². The molecule has 0 saturated carbocycles. The minimum atomic E-state index is -0.322. The molecule has 3 rings (SSSR count). The summed E-state index contributed by atoms with van der Waals surface area (Å²) in [5.74, 6) is 0. The third-order valence-corrected chi connectivity index (χ3v) is 4.11. The molecule has 1 unspecified atom stereocenters. The lowest BCUT2D eigenvalue weighted by Gasteiger charge is -2.24. The van der Waals surface area contributed by atoms with Crippen molar-refractivity contribution in [2.24, 2.45) is 0 Å². The second-order valence-electron chi connectivity index (χ2n) is 5.55. The molecule has 0 spiro atoms. The molecular weight excluding hydrogens is 264 g/mol. The molecule has 0 amide bonds. The van der Waals surface area contributed by atoms with Crippen LogP contribution >= 0.6 is 0 Å². The van der Waals surface area contributed by atoms with Gasteiger partial charge in [0.1, 0.15) is 0 Å². The van der Waals surface area contributed by atoms with E-state index < -0.39 is 0 Å². The molecule has 1 aliphatic heterocycles. The van der Waals surface area contributed by atoms with Crippen LogP contribution in [0, 0.1) is 10.1 Å². The van der Waals surface area contributed by atoms with Crippen LogP contribution in [0.2, 0.25) is 0 Å². The summed E-state index contributed by atoms with van der Waals surface area (Å²) < 4.78 is 0. The summed E-state index contributed by atoms with van der Waals surface area (Å²) in [6.45, 7) is 3.12. The Morgan fingerprint density at radius 2 is 2.00 bits per heavy atom. The maximum absolute atomic E-state index is 10.9. The molecule has 0 aromatic heterocycles. The van der Waals surface area contributed by atoms with Gasteiger partial charge in [0.05, 0.1) is 4.92 Å². The third-order valence-electron chi connectivity index (χ3n) is 4.11. The highest BCUT2D eigenvalue weighted by Crippen LogP contribution is 2.34. The van der Waals surface area contributed by atoms with Gasteiger partial charge >= 0.3 is 0 Å². The molecule has 0 fully saturated rings. The summed E-state index contributed by atoms with van der Waals surface area (Å²) in [7, 11) is 0. The topological polar surface area (TPSA) is 46.4 Å². The number of nitro groups is 1. The highest BCUT2D eigenvalue weighted by atomic mass is 16.6. The van der Waals surface area contributed by atoms with Gasteiger partial charge in [-0.15, -0.1) is 0 Å². The van der Waals surface area contributed by atoms with Crippen LogP contribution in [0.25, 0.3) is 0 Å². The molecule has 1 heterocycles. The maximum atomic E-state index is 10.9. The van der Waals surface area contributed by atoms with Crippen LogP contribution < -0.4 is 4.90 Å². The Morgan fingerprint density at radius 1 is 1.24 bits per heavy atom. The van der Waals surface area contributed by atoms with Crippen molar-refractivity contribution in [3.05, 3.63) is 69.8 Å². The molecule has 4 nitrogen and oxygen atoms in total. The second kappa shape index (κ2) is 5.56. The maximum Gasteiger partial charge on any atom is 0.269 e. The zero-order valence-electron chi connectivity index (χ0n) is 12.0. The Balaban J connectivity index is 1.77. The standard InChI is InChI=1S/C17H18N2O2/c1-13-11-15-12-16(19(20)21)7-8-17(15)18(13)10-9-14-5-3-2-4-6-14/h2-8,12-13H,9-11H2,1H3. The zero-order valence-corrected chi connectivity index (χ0v) is 12.0. The molecular formula is C17H18N2O2. The fourth-order valence-electron chi connectivity index (χ4n) is 3.03. The first-order valence-electron chi connectivity index (χ1n) is 7.23. The van der Waals surface area contributed by atoms with Gasteiger partial charge in [-0.2, -0.15) is 0 Å². The van der Waals surface area contributed by atoms with Crippen LogP contribution in [-0.2, 0) is 12.8 Å². The van der Waals surface area contributed by atoms with Gasteiger partial charge in [-0.25, -0.2) is 0 Å². The van der Waals surface area contributed by atoms with Crippen LogP contribution in [0.4, 0.5) is 11.4 Å². The molecule has 4 heteroatoms. The van der Waals surface area contributed by atoms with Crippen LogP contribution in [0.5, 0.6) is 0 Å². The second-order valence-corrected chi connectivity index (χ2v) is 5.55. The van der Waals surface area contributed by atoms with Gasteiger partial charge < -0.3 is 4.90 Å². The van der Waals surface area contributed by atoms with Gasteiger partial charge in [-0.3, -0.25) is 10.1 Å². The Morgan fingerprint density at radius 3 is 2.71 bits per heavy atom. The largest absolute Gasteiger partial charge is 0.368 e. The van der Waals surface area contributed by atoms with Crippen molar-refractivity contribution in [3.63, 3.8) is 0 Å².